The molecule has 0 radical (unpaired) electrons. The molecule has 11 heteroatoms. The number of aromatic nitrogens is 5. The fourth-order valence-corrected chi connectivity index (χ4v) is 3.39. The second kappa shape index (κ2) is 6.21. The molecule has 0 unspecified atom stereocenters. The fourth-order valence-electron chi connectivity index (χ4n) is 2.80. The van der Waals surface area contributed by atoms with Gasteiger partial charge < -0.3 is 4.74 Å². The zero-order valence-corrected chi connectivity index (χ0v) is 14.8. The summed E-state index contributed by atoms with van der Waals surface area (Å²) in [5.74, 6) is -0.494. The van der Waals surface area contributed by atoms with Crippen LogP contribution in [0.4, 0.5) is 4.39 Å². The molecular weight excluding hydrogens is 375 g/mol. The van der Waals surface area contributed by atoms with Crippen LogP contribution in [0, 0.1) is 5.82 Å². The van der Waals surface area contributed by atoms with Gasteiger partial charge in [0.2, 0.25) is 15.9 Å². The van der Waals surface area contributed by atoms with Gasteiger partial charge in [-0.25, -0.2) is 27.6 Å². The molecule has 0 aliphatic rings. The van der Waals surface area contributed by atoms with Crippen LogP contribution in [0.5, 0.6) is 5.88 Å². The van der Waals surface area contributed by atoms with Crippen molar-refractivity contribution in [1.29, 1.82) is 0 Å². The second-order valence-corrected chi connectivity index (χ2v) is 7.30. The third-order valence-electron chi connectivity index (χ3n) is 4.02. The number of sulfonamides is 1. The first-order valence-electron chi connectivity index (χ1n) is 7.71. The molecule has 2 N–H and O–H groups in total. The van der Waals surface area contributed by atoms with E-state index in [1.54, 1.807) is 16.8 Å². The summed E-state index contributed by atoms with van der Waals surface area (Å²) < 4.78 is 43.4. The lowest BCUT2D eigenvalue weighted by Crippen LogP contribution is -2.14. The fraction of sp³-hybridized carbons (Fsp3) is 0.125. The number of rotatable bonds is 4. The van der Waals surface area contributed by atoms with E-state index in [0.717, 1.165) is 12.1 Å². The molecule has 138 valence electrons. The van der Waals surface area contributed by atoms with Crippen LogP contribution in [0.3, 0.4) is 0 Å². The molecule has 1 aromatic carbocycles. The number of ether oxygens (including phenoxy) is 1. The van der Waals surface area contributed by atoms with E-state index in [1.807, 2.05) is 0 Å². The molecule has 27 heavy (non-hydrogen) atoms. The van der Waals surface area contributed by atoms with Gasteiger partial charge in [-0.3, -0.25) is 0 Å². The van der Waals surface area contributed by atoms with Crippen molar-refractivity contribution in [2.45, 2.75) is 11.4 Å². The smallest absolute Gasteiger partial charge is 0.240 e. The molecule has 0 aliphatic carbocycles. The normalized spacial score (nSPS) is 12.0. The minimum Gasteiger partial charge on any atom is -0.481 e. The third kappa shape index (κ3) is 3.06. The van der Waals surface area contributed by atoms with Crippen LogP contribution in [0.1, 0.15) is 5.56 Å². The van der Waals surface area contributed by atoms with Crippen molar-refractivity contribution in [2.24, 2.45) is 5.14 Å². The Bertz CT molecular complexity index is 1290. The van der Waals surface area contributed by atoms with Crippen LogP contribution in [0.2, 0.25) is 0 Å². The van der Waals surface area contributed by atoms with Crippen molar-refractivity contribution < 1.29 is 17.5 Å². The molecule has 9 nitrogen and oxygen atoms in total. The molecule has 0 bridgehead atoms. The maximum absolute atomic E-state index is 14.1. The van der Waals surface area contributed by atoms with Gasteiger partial charge in [-0.15, -0.1) is 5.10 Å². The molecule has 0 amide bonds. The molecule has 3 aromatic heterocycles. The molecule has 0 fully saturated rings. The lowest BCUT2D eigenvalue weighted by Gasteiger charge is -2.07. The van der Waals surface area contributed by atoms with Gasteiger partial charge in [0.15, 0.2) is 5.65 Å². The van der Waals surface area contributed by atoms with E-state index < -0.39 is 20.7 Å². The largest absolute Gasteiger partial charge is 0.481 e. The molecule has 3 heterocycles. The number of hydrogen-bond acceptors (Lipinski definition) is 7. The van der Waals surface area contributed by atoms with E-state index in [2.05, 4.69) is 20.3 Å². The Morgan fingerprint density at radius 2 is 2.07 bits per heavy atom. The van der Waals surface area contributed by atoms with Gasteiger partial charge in [0, 0.05) is 11.5 Å². The number of primary sulfonamides is 1. The van der Waals surface area contributed by atoms with E-state index in [0.29, 0.717) is 33.5 Å². The highest BCUT2D eigenvalue weighted by Gasteiger charge is 2.16. The Hall–Kier alpha value is -3.18. The number of halogens is 1. The van der Waals surface area contributed by atoms with Crippen molar-refractivity contribution in [2.75, 3.05) is 7.11 Å². The van der Waals surface area contributed by atoms with Crippen LogP contribution in [0.25, 0.3) is 22.1 Å². The number of methoxy groups -OCH3 is 1. The Balaban J connectivity index is 1.81. The number of pyridine rings is 2. The van der Waals surface area contributed by atoms with E-state index in [-0.39, 0.29) is 6.54 Å². The predicted octanol–water partition coefficient (Wildman–Crippen LogP) is 1.22. The third-order valence-corrected chi connectivity index (χ3v) is 4.96. The van der Waals surface area contributed by atoms with Gasteiger partial charge in [0.1, 0.15) is 21.7 Å². The molecule has 0 saturated carbocycles. The summed E-state index contributed by atoms with van der Waals surface area (Å²) in [7, 11) is -2.61. The van der Waals surface area contributed by atoms with Crippen molar-refractivity contribution in [3.63, 3.8) is 0 Å². The number of nitrogens with two attached hydrogens (primary N) is 1. The van der Waals surface area contributed by atoms with Crippen molar-refractivity contribution in [1.82, 2.24) is 25.0 Å². The molecule has 4 aromatic rings. The van der Waals surface area contributed by atoms with Crippen molar-refractivity contribution in [3.05, 3.63) is 47.9 Å². The summed E-state index contributed by atoms with van der Waals surface area (Å²) in [4.78, 5) is 7.97. The summed E-state index contributed by atoms with van der Waals surface area (Å²) in [5, 5.41) is 13.8. The Kier molecular flexibility index (Phi) is 3.97. The molecular formula is C16H13FN6O3S. The van der Waals surface area contributed by atoms with Gasteiger partial charge in [-0.1, -0.05) is 11.3 Å². The van der Waals surface area contributed by atoms with Crippen LogP contribution < -0.4 is 9.88 Å². The monoisotopic (exact) mass is 388 g/mol. The highest BCUT2D eigenvalue weighted by atomic mass is 32.2. The predicted molar refractivity (Wildman–Crippen MR) is 94.1 cm³/mol. The summed E-state index contributed by atoms with van der Waals surface area (Å²) in [5.41, 5.74) is 2.18. The summed E-state index contributed by atoms with van der Waals surface area (Å²) in [6, 6.07) is 7.20. The number of nitrogens with zero attached hydrogens (tertiary/aromatic N) is 5. The first kappa shape index (κ1) is 17.2. The zero-order chi connectivity index (χ0) is 19.2. The van der Waals surface area contributed by atoms with E-state index >= 15 is 0 Å². The summed E-state index contributed by atoms with van der Waals surface area (Å²) >= 11 is 0. The van der Waals surface area contributed by atoms with Gasteiger partial charge in [0.25, 0.3) is 0 Å². The number of hydrogen-bond donors (Lipinski definition) is 1. The standard InChI is InChI=1S/C16H13FN6O3S/c1-26-14-5-3-10-15-12(7-19-16(10)20-14)21-22-23(15)8-9-2-4-13(11(17)6-9)27(18,24)25/h2-7H,8H2,1H3,(H2,18,24,25). The molecule has 4 rings (SSSR count). The summed E-state index contributed by atoms with van der Waals surface area (Å²) in [6.07, 6.45) is 1.54. The van der Waals surface area contributed by atoms with Gasteiger partial charge in [-0.05, 0) is 23.8 Å². The molecule has 0 aliphatic heterocycles. The average molecular weight is 388 g/mol. The first-order valence-corrected chi connectivity index (χ1v) is 9.25. The van der Waals surface area contributed by atoms with Gasteiger partial charge in [0.05, 0.1) is 19.9 Å². The minimum atomic E-state index is -4.12. The number of benzene rings is 1. The lowest BCUT2D eigenvalue weighted by molar-refractivity contribution is 0.399. The lowest BCUT2D eigenvalue weighted by atomic mass is 10.2. The van der Waals surface area contributed by atoms with Crippen molar-refractivity contribution >= 4 is 32.1 Å². The van der Waals surface area contributed by atoms with Crippen LogP contribution in [-0.2, 0) is 16.6 Å². The van der Waals surface area contributed by atoms with E-state index in [1.165, 1.54) is 19.4 Å². The van der Waals surface area contributed by atoms with Crippen LogP contribution in [0.15, 0.2) is 41.4 Å². The van der Waals surface area contributed by atoms with Crippen molar-refractivity contribution in [3.8, 4) is 5.88 Å². The molecule has 0 saturated heterocycles. The Labute approximate surface area is 152 Å². The molecule has 0 spiro atoms. The van der Waals surface area contributed by atoms with Crippen LogP contribution in [-0.4, -0.2) is 40.5 Å². The minimum absolute atomic E-state index is 0.170. The summed E-state index contributed by atoms with van der Waals surface area (Å²) in [6.45, 7) is 0.170. The Morgan fingerprint density at radius 3 is 2.78 bits per heavy atom. The average Bonchev–Trinajstić information content (AvgIpc) is 3.03. The second-order valence-electron chi connectivity index (χ2n) is 5.77. The zero-order valence-electron chi connectivity index (χ0n) is 14.0. The maximum Gasteiger partial charge on any atom is 0.240 e. The van der Waals surface area contributed by atoms with E-state index in [9.17, 15) is 12.8 Å². The van der Waals surface area contributed by atoms with Gasteiger partial charge in [-0.2, -0.15) is 4.98 Å². The topological polar surface area (TPSA) is 126 Å². The SMILES string of the molecule is COc1ccc2c(ncc3nnn(Cc4ccc(S(N)(=O)=O)c(F)c4)c32)n1. The van der Waals surface area contributed by atoms with Crippen LogP contribution >= 0.6 is 0 Å². The quantitative estimate of drug-likeness (QED) is 0.557. The maximum atomic E-state index is 14.1. The Morgan fingerprint density at radius 1 is 1.26 bits per heavy atom. The highest BCUT2D eigenvalue weighted by molar-refractivity contribution is 7.89. The first-order chi connectivity index (χ1) is 12.9. The van der Waals surface area contributed by atoms with Gasteiger partial charge >= 0.3 is 0 Å². The van der Waals surface area contributed by atoms with E-state index in [4.69, 9.17) is 9.88 Å². The number of fused-ring (bicyclic) bond motifs is 3. The molecule has 0 atom stereocenters. The highest BCUT2D eigenvalue weighted by Crippen LogP contribution is 2.24.